The van der Waals surface area contributed by atoms with Crippen molar-refractivity contribution in [1.82, 2.24) is 10.2 Å². The summed E-state index contributed by atoms with van der Waals surface area (Å²) in [6, 6.07) is 5.55. The Morgan fingerprint density at radius 3 is 2.63 bits per heavy atom. The topological polar surface area (TPSA) is 32.3 Å². The van der Waals surface area contributed by atoms with Crippen LogP contribution in [0.1, 0.15) is 18.5 Å². The van der Waals surface area contributed by atoms with E-state index in [0.717, 1.165) is 12.6 Å². The van der Waals surface area contributed by atoms with Crippen LogP contribution in [0.25, 0.3) is 0 Å². The summed E-state index contributed by atoms with van der Waals surface area (Å²) < 4.78 is 36.4. The number of halogens is 4. The fraction of sp³-hybridized carbons (Fsp3) is 0.417. The maximum Gasteiger partial charge on any atom is 0.406 e. The molecule has 1 rings (SSSR count). The Bertz CT molecular complexity index is 451. The zero-order chi connectivity index (χ0) is 14.6. The smallest absolute Gasteiger partial charge is 0.331 e. The average Bonchev–Trinajstić information content (AvgIpc) is 2.26. The fourth-order valence-electron chi connectivity index (χ4n) is 1.50. The van der Waals surface area contributed by atoms with Gasteiger partial charge >= 0.3 is 12.2 Å². The van der Waals surface area contributed by atoms with Crippen molar-refractivity contribution in [3.63, 3.8) is 0 Å². The maximum atomic E-state index is 12.1. The number of amides is 2. The van der Waals surface area contributed by atoms with Crippen molar-refractivity contribution < 1.29 is 18.0 Å². The molecular formula is C12H14ClF3N2O. The lowest BCUT2D eigenvalue weighted by Crippen LogP contribution is -2.43. The van der Waals surface area contributed by atoms with Crippen LogP contribution in [0.15, 0.2) is 24.3 Å². The third-order valence-electron chi connectivity index (χ3n) is 2.45. The van der Waals surface area contributed by atoms with E-state index in [9.17, 15) is 18.0 Å². The zero-order valence-corrected chi connectivity index (χ0v) is 11.2. The van der Waals surface area contributed by atoms with Gasteiger partial charge in [-0.05, 0) is 24.6 Å². The Morgan fingerprint density at radius 1 is 1.47 bits per heavy atom. The SMILES string of the molecule is CC(NC(=O)N(C)CC(F)(F)F)c1cccc(Cl)c1. The van der Waals surface area contributed by atoms with Gasteiger partial charge in [0, 0.05) is 12.1 Å². The van der Waals surface area contributed by atoms with Crippen LogP contribution in [0.4, 0.5) is 18.0 Å². The molecule has 19 heavy (non-hydrogen) atoms. The normalized spacial score (nSPS) is 12.9. The van der Waals surface area contributed by atoms with E-state index in [2.05, 4.69) is 5.32 Å². The first-order valence-corrected chi connectivity index (χ1v) is 5.90. The van der Waals surface area contributed by atoms with E-state index in [0.29, 0.717) is 9.92 Å². The number of hydrogen-bond donors (Lipinski definition) is 1. The molecule has 1 aromatic carbocycles. The quantitative estimate of drug-likeness (QED) is 0.907. The minimum Gasteiger partial charge on any atom is -0.331 e. The van der Waals surface area contributed by atoms with Crippen molar-refractivity contribution in [3.05, 3.63) is 34.9 Å². The van der Waals surface area contributed by atoms with Crippen molar-refractivity contribution in [3.8, 4) is 0 Å². The fourth-order valence-corrected chi connectivity index (χ4v) is 1.69. The summed E-state index contributed by atoms with van der Waals surface area (Å²) >= 11 is 5.80. The number of nitrogens with zero attached hydrogens (tertiary/aromatic N) is 1. The molecule has 0 aromatic heterocycles. The molecule has 0 fully saturated rings. The number of urea groups is 1. The molecule has 0 bridgehead atoms. The van der Waals surface area contributed by atoms with E-state index in [4.69, 9.17) is 11.6 Å². The van der Waals surface area contributed by atoms with E-state index in [1.54, 1.807) is 31.2 Å². The van der Waals surface area contributed by atoms with Gasteiger partial charge < -0.3 is 10.2 Å². The molecule has 1 atom stereocenters. The van der Waals surface area contributed by atoms with Gasteiger partial charge in [-0.1, -0.05) is 23.7 Å². The number of carbonyl (C=O) groups is 1. The number of hydrogen-bond acceptors (Lipinski definition) is 1. The van der Waals surface area contributed by atoms with E-state index in [1.807, 2.05) is 0 Å². The first-order chi connectivity index (χ1) is 8.69. The Labute approximate surface area is 114 Å². The van der Waals surface area contributed by atoms with Crippen LogP contribution in [-0.2, 0) is 0 Å². The van der Waals surface area contributed by atoms with E-state index >= 15 is 0 Å². The molecule has 0 spiro atoms. The molecule has 1 unspecified atom stereocenters. The summed E-state index contributed by atoms with van der Waals surface area (Å²) in [6.07, 6.45) is -4.41. The lowest BCUT2D eigenvalue weighted by Gasteiger charge is -2.22. The number of nitrogens with one attached hydrogen (secondary N) is 1. The second-order valence-electron chi connectivity index (χ2n) is 4.20. The second kappa shape index (κ2) is 6.14. The third-order valence-corrected chi connectivity index (χ3v) is 2.69. The Morgan fingerprint density at radius 2 is 2.11 bits per heavy atom. The lowest BCUT2D eigenvalue weighted by molar-refractivity contribution is -0.137. The molecule has 1 N–H and O–H groups in total. The monoisotopic (exact) mass is 294 g/mol. The summed E-state index contributed by atoms with van der Waals surface area (Å²) in [6.45, 7) is 0.381. The van der Waals surface area contributed by atoms with E-state index in [-0.39, 0.29) is 0 Å². The van der Waals surface area contributed by atoms with Gasteiger partial charge in [-0.3, -0.25) is 0 Å². The van der Waals surface area contributed by atoms with Gasteiger partial charge in [0.15, 0.2) is 0 Å². The Balaban J connectivity index is 2.61. The van der Waals surface area contributed by atoms with E-state index in [1.165, 1.54) is 0 Å². The molecule has 3 nitrogen and oxygen atoms in total. The van der Waals surface area contributed by atoms with Crippen molar-refractivity contribution in [2.45, 2.75) is 19.1 Å². The Kier molecular flexibility index (Phi) is 5.05. The molecular weight excluding hydrogens is 281 g/mol. The van der Waals surface area contributed by atoms with Gasteiger partial charge in [-0.25, -0.2) is 4.79 Å². The largest absolute Gasteiger partial charge is 0.406 e. The zero-order valence-electron chi connectivity index (χ0n) is 10.5. The molecule has 0 saturated carbocycles. The van der Waals surface area contributed by atoms with Crippen LogP contribution >= 0.6 is 11.6 Å². The first kappa shape index (κ1) is 15.6. The molecule has 7 heteroatoms. The maximum absolute atomic E-state index is 12.1. The van der Waals surface area contributed by atoms with Crippen LogP contribution in [0.2, 0.25) is 5.02 Å². The summed E-state index contributed by atoms with van der Waals surface area (Å²) in [5.41, 5.74) is 0.723. The number of benzene rings is 1. The van der Waals surface area contributed by atoms with Crippen molar-refractivity contribution in [2.75, 3.05) is 13.6 Å². The summed E-state index contributed by atoms with van der Waals surface area (Å²) in [5, 5.41) is 2.98. The highest BCUT2D eigenvalue weighted by Gasteiger charge is 2.31. The molecule has 0 aliphatic rings. The third kappa shape index (κ3) is 5.38. The van der Waals surface area contributed by atoms with E-state index < -0.39 is 24.8 Å². The summed E-state index contributed by atoms with van der Waals surface area (Å²) in [7, 11) is 1.09. The van der Waals surface area contributed by atoms with Crippen LogP contribution in [-0.4, -0.2) is 30.7 Å². The van der Waals surface area contributed by atoms with Crippen molar-refractivity contribution in [2.24, 2.45) is 0 Å². The molecule has 0 radical (unpaired) electrons. The van der Waals surface area contributed by atoms with Gasteiger partial charge in [0.2, 0.25) is 0 Å². The number of alkyl halides is 3. The minimum atomic E-state index is -4.41. The first-order valence-electron chi connectivity index (χ1n) is 5.53. The van der Waals surface area contributed by atoms with Gasteiger partial charge in [-0.15, -0.1) is 0 Å². The van der Waals surface area contributed by atoms with Gasteiger partial charge in [0.05, 0.1) is 6.04 Å². The van der Waals surface area contributed by atoms with Crippen LogP contribution in [0.5, 0.6) is 0 Å². The van der Waals surface area contributed by atoms with Crippen molar-refractivity contribution in [1.29, 1.82) is 0 Å². The predicted octanol–water partition coefficient (Wildman–Crippen LogP) is 3.60. The van der Waals surface area contributed by atoms with Crippen LogP contribution in [0, 0.1) is 0 Å². The number of carbonyl (C=O) groups excluding carboxylic acids is 1. The minimum absolute atomic E-state index is 0.429. The molecule has 0 saturated heterocycles. The van der Waals surface area contributed by atoms with Gasteiger partial charge in [0.25, 0.3) is 0 Å². The molecule has 0 aliphatic heterocycles. The highest BCUT2D eigenvalue weighted by atomic mass is 35.5. The summed E-state index contributed by atoms with van der Waals surface area (Å²) in [4.78, 5) is 12.2. The van der Waals surface area contributed by atoms with Gasteiger partial charge in [-0.2, -0.15) is 13.2 Å². The molecule has 2 amide bonds. The standard InChI is InChI=1S/C12H14ClF3N2O/c1-8(9-4-3-5-10(13)6-9)17-11(19)18(2)7-12(14,15)16/h3-6,8H,7H2,1-2H3,(H,17,19). The lowest BCUT2D eigenvalue weighted by atomic mass is 10.1. The highest BCUT2D eigenvalue weighted by molar-refractivity contribution is 6.30. The second-order valence-corrected chi connectivity index (χ2v) is 4.63. The van der Waals surface area contributed by atoms with Crippen LogP contribution in [0.3, 0.4) is 0 Å². The molecule has 0 heterocycles. The molecule has 106 valence electrons. The average molecular weight is 295 g/mol. The molecule has 1 aromatic rings. The number of rotatable bonds is 3. The Hall–Kier alpha value is -1.43. The predicted molar refractivity (Wildman–Crippen MR) is 67.1 cm³/mol. The van der Waals surface area contributed by atoms with Crippen LogP contribution < -0.4 is 5.32 Å². The summed E-state index contributed by atoms with van der Waals surface area (Å²) in [5.74, 6) is 0. The van der Waals surface area contributed by atoms with Crippen molar-refractivity contribution >= 4 is 17.6 Å². The highest BCUT2D eigenvalue weighted by Crippen LogP contribution is 2.19. The molecule has 0 aliphatic carbocycles. The van der Waals surface area contributed by atoms with Gasteiger partial charge in [0.1, 0.15) is 6.54 Å².